The van der Waals surface area contributed by atoms with Gasteiger partial charge in [-0.1, -0.05) is 0 Å². The smallest absolute Gasteiger partial charge is 0.263 e. The highest BCUT2D eigenvalue weighted by molar-refractivity contribution is 14.1. The van der Waals surface area contributed by atoms with Crippen molar-refractivity contribution in [3.63, 3.8) is 0 Å². The van der Waals surface area contributed by atoms with Crippen LogP contribution in [0.15, 0.2) is 45.8 Å². The summed E-state index contributed by atoms with van der Waals surface area (Å²) in [5.74, 6) is 0.788. The SMILES string of the molecule is COc1cc(Br)c(S(=O)(=O)Nc2ccc(I)cc2)cc1OC. The van der Waals surface area contributed by atoms with E-state index in [-0.39, 0.29) is 4.90 Å². The van der Waals surface area contributed by atoms with Crippen LogP contribution < -0.4 is 14.2 Å². The summed E-state index contributed by atoms with van der Waals surface area (Å²) in [6.07, 6.45) is 0. The van der Waals surface area contributed by atoms with Gasteiger partial charge in [0.15, 0.2) is 11.5 Å². The van der Waals surface area contributed by atoms with Crippen molar-refractivity contribution in [3.8, 4) is 11.5 Å². The van der Waals surface area contributed by atoms with Gasteiger partial charge >= 0.3 is 0 Å². The topological polar surface area (TPSA) is 64.6 Å². The normalized spacial score (nSPS) is 11.1. The zero-order valence-electron chi connectivity index (χ0n) is 11.8. The highest BCUT2D eigenvalue weighted by Crippen LogP contribution is 2.36. The third-order valence-electron chi connectivity index (χ3n) is 2.82. The molecule has 2 aromatic carbocycles. The Morgan fingerprint density at radius 1 is 1.05 bits per heavy atom. The molecule has 1 N–H and O–H groups in total. The summed E-state index contributed by atoms with van der Waals surface area (Å²) in [5.41, 5.74) is 0.488. The lowest BCUT2D eigenvalue weighted by atomic mass is 10.3. The largest absolute Gasteiger partial charge is 0.493 e. The molecule has 0 amide bonds. The number of rotatable bonds is 5. The first-order valence-corrected chi connectivity index (χ1v) is 9.43. The molecular formula is C14H13BrINO4S. The average molecular weight is 498 g/mol. The zero-order chi connectivity index (χ0) is 16.3. The Labute approximate surface area is 151 Å². The van der Waals surface area contributed by atoms with Crippen molar-refractivity contribution in [2.75, 3.05) is 18.9 Å². The minimum absolute atomic E-state index is 0.0729. The van der Waals surface area contributed by atoms with E-state index in [1.807, 2.05) is 12.1 Å². The molecule has 0 fully saturated rings. The molecule has 0 aliphatic carbocycles. The molecule has 0 aliphatic heterocycles. The van der Waals surface area contributed by atoms with Crippen LogP contribution in [0.3, 0.4) is 0 Å². The fourth-order valence-electron chi connectivity index (χ4n) is 1.77. The summed E-state index contributed by atoms with van der Waals surface area (Å²) in [5, 5.41) is 0. The monoisotopic (exact) mass is 497 g/mol. The number of halogens is 2. The van der Waals surface area contributed by atoms with E-state index in [1.165, 1.54) is 20.3 Å². The van der Waals surface area contributed by atoms with E-state index in [9.17, 15) is 8.42 Å². The predicted octanol–water partition coefficient (Wildman–Crippen LogP) is 3.87. The third-order valence-corrected chi connectivity index (χ3v) is 5.88. The molecule has 0 radical (unpaired) electrons. The molecule has 118 valence electrons. The second kappa shape index (κ2) is 7.05. The van der Waals surface area contributed by atoms with Gasteiger partial charge in [-0.25, -0.2) is 8.42 Å². The van der Waals surface area contributed by atoms with Gasteiger partial charge in [-0.2, -0.15) is 0 Å². The summed E-state index contributed by atoms with van der Waals surface area (Å²) >= 11 is 5.41. The Morgan fingerprint density at radius 2 is 1.59 bits per heavy atom. The van der Waals surface area contributed by atoms with Crippen LogP contribution in [0.5, 0.6) is 11.5 Å². The third kappa shape index (κ3) is 3.85. The zero-order valence-corrected chi connectivity index (χ0v) is 16.3. The maximum atomic E-state index is 12.5. The standard InChI is InChI=1S/C14H13BrINO4S/c1-20-12-7-11(15)14(8-13(12)21-2)22(18,19)17-10-5-3-9(16)4-6-10/h3-8,17H,1-2H3. The summed E-state index contributed by atoms with van der Waals surface area (Å²) in [6, 6.07) is 10.0. The molecule has 0 aromatic heterocycles. The average Bonchev–Trinajstić information content (AvgIpc) is 2.48. The fourth-order valence-corrected chi connectivity index (χ4v) is 4.22. The quantitative estimate of drug-likeness (QED) is 0.637. The predicted molar refractivity (Wildman–Crippen MR) is 97.2 cm³/mol. The van der Waals surface area contributed by atoms with Gasteiger partial charge in [0.25, 0.3) is 10.0 Å². The van der Waals surface area contributed by atoms with E-state index < -0.39 is 10.0 Å². The van der Waals surface area contributed by atoms with Gasteiger partial charge in [0.05, 0.1) is 14.2 Å². The molecule has 0 spiro atoms. The molecule has 5 nitrogen and oxygen atoms in total. The summed E-state index contributed by atoms with van der Waals surface area (Å²) in [6.45, 7) is 0. The highest BCUT2D eigenvalue weighted by Gasteiger charge is 2.21. The summed E-state index contributed by atoms with van der Waals surface area (Å²) in [7, 11) is -0.808. The van der Waals surface area contributed by atoms with Gasteiger partial charge in [-0.3, -0.25) is 4.72 Å². The second-order valence-electron chi connectivity index (χ2n) is 4.25. The Morgan fingerprint density at radius 3 is 2.14 bits per heavy atom. The van der Waals surface area contributed by atoms with Crippen LogP contribution >= 0.6 is 38.5 Å². The van der Waals surface area contributed by atoms with E-state index >= 15 is 0 Å². The minimum Gasteiger partial charge on any atom is -0.493 e. The number of hydrogen-bond donors (Lipinski definition) is 1. The molecule has 0 saturated heterocycles. The molecule has 0 atom stereocenters. The van der Waals surface area contributed by atoms with E-state index in [0.717, 1.165) is 3.57 Å². The van der Waals surface area contributed by atoms with Gasteiger partial charge in [0.2, 0.25) is 0 Å². The Balaban J connectivity index is 2.42. The molecule has 0 unspecified atom stereocenters. The Kier molecular flexibility index (Phi) is 5.56. The molecule has 22 heavy (non-hydrogen) atoms. The second-order valence-corrected chi connectivity index (χ2v) is 8.00. The van der Waals surface area contributed by atoms with Crippen LogP contribution in [-0.2, 0) is 10.0 Å². The van der Waals surface area contributed by atoms with Crippen molar-refractivity contribution in [1.29, 1.82) is 0 Å². The fraction of sp³-hybridized carbons (Fsp3) is 0.143. The van der Waals surface area contributed by atoms with Gasteiger partial charge in [0.1, 0.15) is 4.90 Å². The van der Waals surface area contributed by atoms with Crippen molar-refractivity contribution in [1.82, 2.24) is 0 Å². The van der Waals surface area contributed by atoms with Crippen LogP contribution in [0, 0.1) is 3.57 Å². The molecule has 0 heterocycles. The van der Waals surface area contributed by atoms with Gasteiger partial charge in [0, 0.05) is 19.8 Å². The molecule has 0 aliphatic rings. The van der Waals surface area contributed by atoms with Crippen molar-refractivity contribution >= 4 is 54.2 Å². The number of anilines is 1. The van der Waals surface area contributed by atoms with Crippen LogP contribution in [0.2, 0.25) is 0 Å². The van der Waals surface area contributed by atoms with Crippen LogP contribution in [-0.4, -0.2) is 22.6 Å². The van der Waals surface area contributed by atoms with Crippen molar-refractivity contribution in [2.45, 2.75) is 4.90 Å². The molecule has 2 aromatic rings. The molecule has 2 rings (SSSR count). The van der Waals surface area contributed by atoms with Gasteiger partial charge in [-0.15, -0.1) is 0 Å². The maximum absolute atomic E-state index is 12.5. The number of benzene rings is 2. The van der Waals surface area contributed by atoms with E-state index in [1.54, 1.807) is 18.2 Å². The molecule has 0 saturated carbocycles. The number of sulfonamides is 1. The number of nitrogens with one attached hydrogen (secondary N) is 1. The molecule has 8 heteroatoms. The van der Waals surface area contributed by atoms with Crippen LogP contribution in [0.4, 0.5) is 5.69 Å². The minimum atomic E-state index is -3.75. The molecule has 0 bridgehead atoms. The Bertz CT molecular complexity index is 778. The van der Waals surface area contributed by atoms with Crippen molar-refractivity contribution < 1.29 is 17.9 Å². The first-order chi connectivity index (χ1) is 10.4. The number of hydrogen-bond acceptors (Lipinski definition) is 4. The maximum Gasteiger partial charge on any atom is 0.263 e. The van der Waals surface area contributed by atoms with Crippen LogP contribution in [0.1, 0.15) is 0 Å². The summed E-state index contributed by atoms with van der Waals surface area (Å²) in [4.78, 5) is 0.0729. The van der Waals surface area contributed by atoms with Crippen LogP contribution in [0.25, 0.3) is 0 Å². The highest BCUT2D eigenvalue weighted by atomic mass is 127. The lowest BCUT2D eigenvalue weighted by Crippen LogP contribution is -2.14. The van der Waals surface area contributed by atoms with Gasteiger partial charge < -0.3 is 9.47 Å². The molecular weight excluding hydrogens is 485 g/mol. The first-order valence-electron chi connectivity index (χ1n) is 6.07. The van der Waals surface area contributed by atoms with E-state index in [0.29, 0.717) is 21.7 Å². The lowest BCUT2D eigenvalue weighted by molar-refractivity contribution is 0.353. The number of methoxy groups -OCH3 is 2. The first kappa shape index (κ1) is 17.4. The van der Waals surface area contributed by atoms with E-state index in [4.69, 9.17) is 9.47 Å². The van der Waals surface area contributed by atoms with Gasteiger partial charge in [-0.05, 0) is 68.9 Å². The number of ether oxygens (including phenoxy) is 2. The Hall–Kier alpha value is -1.00. The summed E-state index contributed by atoms with van der Waals surface area (Å²) < 4.78 is 39.3. The lowest BCUT2D eigenvalue weighted by Gasteiger charge is -2.13. The van der Waals surface area contributed by atoms with Crippen molar-refractivity contribution in [3.05, 3.63) is 44.4 Å². The van der Waals surface area contributed by atoms with E-state index in [2.05, 4.69) is 43.2 Å². The van der Waals surface area contributed by atoms with Crippen molar-refractivity contribution in [2.24, 2.45) is 0 Å².